The highest BCUT2D eigenvalue weighted by Gasteiger charge is 2.32. The second-order valence-corrected chi connectivity index (χ2v) is 4.01. The van der Waals surface area contributed by atoms with Crippen molar-refractivity contribution in [1.29, 1.82) is 0 Å². The van der Waals surface area contributed by atoms with E-state index in [9.17, 15) is 0 Å². The maximum atomic E-state index is 5.85. The molecule has 1 saturated heterocycles. The van der Waals surface area contributed by atoms with E-state index in [1.54, 1.807) is 0 Å². The SMILES string of the molecule is NC1NNCC1c1nc(C2CC2)n[nH]1. The Hall–Kier alpha value is -0.980. The van der Waals surface area contributed by atoms with Gasteiger partial charge in [-0.15, -0.1) is 0 Å². The standard InChI is InChI=1S/C8H14N6/c9-6-5(3-10-12-6)8-11-7(13-14-8)4-1-2-4/h4-6,10,12H,1-3,9H2,(H,11,13,14). The molecule has 0 aromatic carbocycles. The van der Waals surface area contributed by atoms with Crippen molar-refractivity contribution in [2.24, 2.45) is 5.73 Å². The summed E-state index contributed by atoms with van der Waals surface area (Å²) in [4.78, 5) is 4.48. The Morgan fingerprint density at radius 3 is 2.86 bits per heavy atom. The lowest BCUT2D eigenvalue weighted by molar-refractivity contribution is 0.535. The van der Waals surface area contributed by atoms with Crippen LogP contribution in [0, 0.1) is 0 Å². The van der Waals surface area contributed by atoms with Crippen LogP contribution in [0.25, 0.3) is 0 Å². The molecule has 14 heavy (non-hydrogen) atoms. The highest BCUT2D eigenvalue weighted by molar-refractivity contribution is 5.10. The van der Waals surface area contributed by atoms with Crippen LogP contribution in [0.5, 0.6) is 0 Å². The van der Waals surface area contributed by atoms with Crippen LogP contribution in [0.3, 0.4) is 0 Å². The summed E-state index contributed by atoms with van der Waals surface area (Å²) >= 11 is 0. The number of aromatic amines is 1. The van der Waals surface area contributed by atoms with Gasteiger partial charge < -0.3 is 5.73 Å². The van der Waals surface area contributed by atoms with Gasteiger partial charge in [-0.2, -0.15) is 5.10 Å². The molecular weight excluding hydrogens is 180 g/mol. The third-order valence-electron chi connectivity index (χ3n) is 2.84. The highest BCUT2D eigenvalue weighted by Crippen LogP contribution is 2.38. The van der Waals surface area contributed by atoms with E-state index in [1.807, 2.05) is 0 Å². The topological polar surface area (TPSA) is 91.7 Å². The molecule has 1 aliphatic carbocycles. The van der Waals surface area contributed by atoms with Gasteiger partial charge in [0.05, 0.1) is 12.1 Å². The minimum Gasteiger partial charge on any atom is -0.314 e. The molecule has 76 valence electrons. The van der Waals surface area contributed by atoms with Crippen molar-refractivity contribution in [3.05, 3.63) is 11.6 Å². The zero-order valence-electron chi connectivity index (χ0n) is 7.83. The van der Waals surface area contributed by atoms with Gasteiger partial charge in [-0.3, -0.25) is 10.5 Å². The molecule has 2 aliphatic rings. The van der Waals surface area contributed by atoms with Crippen molar-refractivity contribution in [3.63, 3.8) is 0 Å². The molecule has 6 nitrogen and oxygen atoms in total. The van der Waals surface area contributed by atoms with E-state index in [4.69, 9.17) is 5.73 Å². The Morgan fingerprint density at radius 2 is 2.21 bits per heavy atom. The highest BCUT2D eigenvalue weighted by atomic mass is 15.4. The average Bonchev–Trinajstić information content (AvgIpc) is 2.75. The zero-order chi connectivity index (χ0) is 9.54. The van der Waals surface area contributed by atoms with E-state index in [-0.39, 0.29) is 12.1 Å². The van der Waals surface area contributed by atoms with Crippen LogP contribution in [0.4, 0.5) is 0 Å². The second kappa shape index (κ2) is 3.01. The largest absolute Gasteiger partial charge is 0.314 e. The van der Waals surface area contributed by atoms with Crippen molar-refractivity contribution in [3.8, 4) is 0 Å². The van der Waals surface area contributed by atoms with Crippen LogP contribution in [0.2, 0.25) is 0 Å². The Labute approximate surface area is 81.6 Å². The fraction of sp³-hybridized carbons (Fsp3) is 0.750. The number of nitrogens with zero attached hydrogens (tertiary/aromatic N) is 2. The van der Waals surface area contributed by atoms with Gasteiger partial charge in [0.2, 0.25) is 0 Å². The first-order valence-corrected chi connectivity index (χ1v) is 5.01. The summed E-state index contributed by atoms with van der Waals surface area (Å²) in [6, 6.07) is 0. The Kier molecular flexibility index (Phi) is 1.79. The number of H-pyrrole nitrogens is 1. The summed E-state index contributed by atoms with van der Waals surface area (Å²) in [5, 5.41) is 7.19. The molecule has 0 radical (unpaired) electrons. The number of aromatic nitrogens is 3. The van der Waals surface area contributed by atoms with Gasteiger partial charge >= 0.3 is 0 Å². The van der Waals surface area contributed by atoms with E-state index in [0.29, 0.717) is 5.92 Å². The van der Waals surface area contributed by atoms with Gasteiger partial charge in [-0.1, -0.05) is 0 Å². The molecule has 5 N–H and O–H groups in total. The quantitative estimate of drug-likeness (QED) is 0.492. The molecule has 0 amide bonds. The number of hydrazine groups is 1. The van der Waals surface area contributed by atoms with Crippen molar-refractivity contribution in [2.75, 3.05) is 6.54 Å². The minimum absolute atomic E-state index is 0.0741. The van der Waals surface area contributed by atoms with Gasteiger partial charge in [0.25, 0.3) is 0 Å². The average molecular weight is 194 g/mol. The molecule has 1 aliphatic heterocycles. The maximum absolute atomic E-state index is 5.85. The smallest absolute Gasteiger partial charge is 0.153 e. The number of nitrogens with two attached hydrogens (primary N) is 1. The van der Waals surface area contributed by atoms with Gasteiger partial charge in [-0.25, -0.2) is 10.4 Å². The van der Waals surface area contributed by atoms with Gasteiger partial charge in [-0.05, 0) is 12.8 Å². The predicted molar refractivity (Wildman–Crippen MR) is 50.2 cm³/mol. The zero-order valence-corrected chi connectivity index (χ0v) is 7.83. The molecule has 3 rings (SSSR count). The van der Waals surface area contributed by atoms with Gasteiger partial charge in [0.1, 0.15) is 5.82 Å². The molecule has 6 heteroatoms. The van der Waals surface area contributed by atoms with Crippen molar-refractivity contribution in [1.82, 2.24) is 26.0 Å². The fourth-order valence-corrected chi connectivity index (χ4v) is 1.76. The molecule has 0 spiro atoms. The molecule has 2 atom stereocenters. The summed E-state index contributed by atoms with van der Waals surface area (Å²) in [6.07, 6.45) is 2.38. The second-order valence-electron chi connectivity index (χ2n) is 4.01. The first-order valence-electron chi connectivity index (χ1n) is 5.01. The summed E-state index contributed by atoms with van der Waals surface area (Å²) in [5.74, 6) is 2.66. The maximum Gasteiger partial charge on any atom is 0.153 e. The molecule has 1 saturated carbocycles. The third kappa shape index (κ3) is 1.31. The van der Waals surface area contributed by atoms with Crippen LogP contribution < -0.4 is 16.6 Å². The van der Waals surface area contributed by atoms with Gasteiger partial charge in [0.15, 0.2) is 5.82 Å². The van der Waals surface area contributed by atoms with E-state index < -0.39 is 0 Å². The van der Waals surface area contributed by atoms with Crippen molar-refractivity contribution in [2.45, 2.75) is 30.8 Å². The number of hydrogen-bond acceptors (Lipinski definition) is 5. The van der Waals surface area contributed by atoms with E-state index in [1.165, 1.54) is 12.8 Å². The fourth-order valence-electron chi connectivity index (χ4n) is 1.76. The Morgan fingerprint density at radius 1 is 1.36 bits per heavy atom. The van der Waals surface area contributed by atoms with Crippen LogP contribution >= 0.6 is 0 Å². The molecule has 0 bridgehead atoms. The lowest BCUT2D eigenvalue weighted by Gasteiger charge is -2.09. The first-order chi connectivity index (χ1) is 6.84. The van der Waals surface area contributed by atoms with Gasteiger partial charge in [0, 0.05) is 12.5 Å². The first kappa shape index (κ1) is 8.34. The number of hydrogen-bond donors (Lipinski definition) is 4. The Bertz CT molecular complexity index is 330. The van der Waals surface area contributed by atoms with Crippen LogP contribution in [0.1, 0.15) is 36.3 Å². The third-order valence-corrected chi connectivity index (χ3v) is 2.84. The van der Waals surface area contributed by atoms with E-state index in [0.717, 1.165) is 18.2 Å². The molecule has 1 aromatic rings. The van der Waals surface area contributed by atoms with Crippen molar-refractivity contribution < 1.29 is 0 Å². The summed E-state index contributed by atoms with van der Waals surface area (Å²) < 4.78 is 0. The lowest BCUT2D eigenvalue weighted by Crippen LogP contribution is -2.38. The van der Waals surface area contributed by atoms with E-state index in [2.05, 4.69) is 26.0 Å². The van der Waals surface area contributed by atoms with E-state index >= 15 is 0 Å². The normalized spacial score (nSPS) is 32.4. The number of nitrogens with one attached hydrogen (secondary N) is 3. The predicted octanol–water partition coefficient (Wildman–Crippen LogP) is -0.842. The van der Waals surface area contributed by atoms with Crippen molar-refractivity contribution >= 4 is 0 Å². The summed E-state index contributed by atoms with van der Waals surface area (Å²) in [6.45, 7) is 0.806. The monoisotopic (exact) mass is 194 g/mol. The number of rotatable bonds is 2. The molecule has 1 aromatic heterocycles. The Balaban J connectivity index is 1.81. The molecular formula is C8H14N6. The molecule has 2 fully saturated rings. The minimum atomic E-state index is -0.0741. The van der Waals surface area contributed by atoms with Crippen LogP contribution in [-0.4, -0.2) is 27.9 Å². The molecule has 2 unspecified atom stereocenters. The summed E-state index contributed by atoms with van der Waals surface area (Å²) in [5.41, 5.74) is 11.8. The summed E-state index contributed by atoms with van der Waals surface area (Å²) in [7, 11) is 0. The van der Waals surface area contributed by atoms with Crippen LogP contribution in [-0.2, 0) is 0 Å². The molecule has 2 heterocycles. The lowest BCUT2D eigenvalue weighted by atomic mass is 10.1. The van der Waals surface area contributed by atoms with Crippen LogP contribution in [0.15, 0.2) is 0 Å².